The number of aryl methyl sites for hydroxylation is 1. The van der Waals surface area contributed by atoms with Gasteiger partial charge in [-0.1, -0.05) is 24.3 Å². The first-order valence-corrected chi connectivity index (χ1v) is 9.31. The molecule has 6 nitrogen and oxygen atoms in total. The zero-order chi connectivity index (χ0) is 20.2. The molecule has 0 radical (unpaired) electrons. The predicted octanol–water partition coefficient (Wildman–Crippen LogP) is 3.77. The van der Waals surface area contributed by atoms with Crippen molar-refractivity contribution in [3.8, 4) is 11.8 Å². The number of nitrogens with one attached hydrogen (secondary N) is 2. The van der Waals surface area contributed by atoms with Gasteiger partial charge in [-0.15, -0.1) is 24.0 Å². The number of nitriles is 1. The van der Waals surface area contributed by atoms with E-state index in [4.69, 9.17) is 14.7 Å². The van der Waals surface area contributed by atoms with Gasteiger partial charge in [0.2, 0.25) is 0 Å². The van der Waals surface area contributed by atoms with Crippen molar-refractivity contribution in [1.82, 2.24) is 10.6 Å². The van der Waals surface area contributed by atoms with Crippen LogP contribution in [0.1, 0.15) is 28.7 Å². The molecule has 0 aliphatic rings. The molecule has 0 bridgehead atoms. The Bertz CT molecular complexity index is 817. The number of nitrogens with zero attached hydrogens (tertiary/aromatic N) is 2. The first-order valence-electron chi connectivity index (χ1n) is 9.31. The van der Waals surface area contributed by atoms with Crippen LogP contribution >= 0.6 is 24.0 Å². The first-order chi connectivity index (χ1) is 13.7. The number of hydrogen-bond acceptors (Lipinski definition) is 4. The molecule has 0 fully saturated rings. The van der Waals surface area contributed by atoms with Crippen molar-refractivity contribution in [2.75, 3.05) is 27.4 Å². The van der Waals surface area contributed by atoms with Gasteiger partial charge in [0.05, 0.1) is 18.2 Å². The van der Waals surface area contributed by atoms with Gasteiger partial charge in [-0.05, 0) is 36.2 Å². The highest BCUT2D eigenvalue weighted by Crippen LogP contribution is 2.20. The third-order valence-electron chi connectivity index (χ3n) is 4.19. The lowest BCUT2D eigenvalue weighted by Crippen LogP contribution is -2.36. The zero-order valence-corrected chi connectivity index (χ0v) is 19.5. The third-order valence-corrected chi connectivity index (χ3v) is 4.19. The number of guanidine groups is 1. The molecule has 156 valence electrons. The standard InChI is InChI=1S/C22H28N4O2.HI/c1-17-5-10-20(21(13-17)28-12-4-11-27-3)16-26-22(24-2)25-15-19-8-6-18(14-23)7-9-19;/h5-10,13H,4,11-12,15-16H2,1-3H3,(H2,24,25,26);1H. The van der Waals surface area contributed by atoms with Gasteiger partial charge >= 0.3 is 0 Å². The van der Waals surface area contributed by atoms with Gasteiger partial charge < -0.3 is 20.1 Å². The molecule has 0 atom stereocenters. The zero-order valence-electron chi connectivity index (χ0n) is 17.2. The molecular weight excluding hydrogens is 479 g/mol. The Labute approximate surface area is 190 Å². The Hall–Kier alpha value is -2.31. The van der Waals surface area contributed by atoms with Crippen LogP contribution in [0, 0.1) is 18.3 Å². The van der Waals surface area contributed by atoms with Crippen LogP contribution in [-0.2, 0) is 17.8 Å². The summed E-state index contributed by atoms with van der Waals surface area (Å²) in [5.41, 5.74) is 3.97. The van der Waals surface area contributed by atoms with E-state index >= 15 is 0 Å². The Balaban J connectivity index is 0.00000420. The van der Waals surface area contributed by atoms with E-state index in [0.717, 1.165) is 28.9 Å². The molecule has 29 heavy (non-hydrogen) atoms. The molecule has 0 unspecified atom stereocenters. The van der Waals surface area contributed by atoms with Crippen LogP contribution < -0.4 is 15.4 Å². The fourth-order valence-corrected chi connectivity index (χ4v) is 2.61. The average molecular weight is 508 g/mol. The smallest absolute Gasteiger partial charge is 0.191 e. The highest BCUT2D eigenvalue weighted by Gasteiger charge is 2.06. The number of methoxy groups -OCH3 is 1. The van der Waals surface area contributed by atoms with Gasteiger partial charge in [-0.3, -0.25) is 4.99 Å². The molecule has 0 heterocycles. The topological polar surface area (TPSA) is 78.7 Å². The maximum atomic E-state index is 8.87. The monoisotopic (exact) mass is 508 g/mol. The Morgan fingerprint density at radius 1 is 1.07 bits per heavy atom. The van der Waals surface area contributed by atoms with E-state index in [1.54, 1.807) is 14.2 Å². The van der Waals surface area contributed by atoms with E-state index < -0.39 is 0 Å². The highest BCUT2D eigenvalue weighted by atomic mass is 127. The molecule has 0 spiro atoms. The summed E-state index contributed by atoms with van der Waals surface area (Å²) in [6.07, 6.45) is 0.852. The summed E-state index contributed by atoms with van der Waals surface area (Å²) in [6.45, 7) is 4.59. The van der Waals surface area contributed by atoms with Gasteiger partial charge in [0.1, 0.15) is 5.75 Å². The number of hydrogen-bond donors (Lipinski definition) is 2. The Morgan fingerprint density at radius 3 is 2.45 bits per heavy atom. The van der Waals surface area contributed by atoms with E-state index in [9.17, 15) is 0 Å². The summed E-state index contributed by atoms with van der Waals surface area (Å²) in [5.74, 6) is 1.58. The quantitative estimate of drug-likeness (QED) is 0.234. The molecular formula is C22H29IN4O2. The van der Waals surface area contributed by atoms with Crippen LogP contribution in [0.15, 0.2) is 47.5 Å². The number of benzene rings is 2. The first kappa shape index (κ1) is 24.7. The second-order valence-electron chi connectivity index (χ2n) is 6.39. The van der Waals surface area contributed by atoms with Crippen molar-refractivity contribution in [2.24, 2.45) is 4.99 Å². The van der Waals surface area contributed by atoms with Crippen LogP contribution in [0.5, 0.6) is 5.75 Å². The van der Waals surface area contributed by atoms with Gasteiger partial charge in [-0.25, -0.2) is 0 Å². The Kier molecular flexibility index (Phi) is 11.8. The molecule has 0 saturated carbocycles. The maximum Gasteiger partial charge on any atom is 0.191 e. The fraction of sp³-hybridized carbons (Fsp3) is 0.364. The highest BCUT2D eigenvalue weighted by molar-refractivity contribution is 14.0. The number of aliphatic imine (C=N–C) groups is 1. The van der Waals surface area contributed by atoms with E-state index in [2.05, 4.69) is 46.8 Å². The third kappa shape index (κ3) is 8.71. The number of halogens is 1. The minimum absolute atomic E-state index is 0. The molecule has 0 aliphatic heterocycles. The normalized spacial score (nSPS) is 10.6. The van der Waals surface area contributed by atoms with Gasteiger partial charge in [0.15, 0.2) is 5.96 Å². The van der Waals surface area contributed by atoms with Gasteiger partial charge in [-0.2, -0.15) is 5.26 Å². The molecule has 0 saturated heterocycles. The average Bonchev–Trinajstić information content (AvgIpc) is 2.73. The molecule has 2 N–H and O–H groups in total. The van der Waals surface area contributed by atoms with Crippen molar-refractivity contribution in [3.63, 3.8) is 0 Å². The molecule has 0 amide bonds. The van der Waals surface area contributed by atoms with Crippen LogP contribution in [0.4, 0.5) is 0 Å². The summed E-state index contributed by atoms with van der Waals surface area (Å²) < 4.78 is 11.0. The second kappa shape index (κ2) is 13.8. The van der Waals surface area contributed by atoms with Crippen LogP contribution in [0.3, 0.4) is 0 Å². The van der Waals surface area contributed by atoms with E-state index in [-0.39, 0.29) is 24.0 Å². The molecule has 2 aromatic rings. The summed E-state index contributed by atoms with van der Waals surface area (Å²) in [4.78, 5) is 4.27. The van der Waals surface area contributed by atoms with Crippen molar-refractivity contribution >= 4 is 29.9 Å². The molecule has 7 heteroatoms. The SMILES string of the molecule is CN=C(NCc1ccc(C#N)cc1)NCc1ccc(C)cc1OCCCOC.I. The fourth-order valence-electron chi connectivity index (χ4n) is 2.61. The lowest BCUT2D eigenvalue weighted by atomic mass is 10.1. The largest absolute Gasteiger partial charge is 0.493 e. The van der Waals surface area contributed by atoms with Gasteiger partial charge in [0, 0.05) is 45.8 Å². The minimum atomic E-state index is 0. The predicted molar refractivity (Wildman–Crippen MR) is 127 cm³/mol. The molecule has 0 aromatic heterocycles. The van der Waals surface area contributed by atoms with E-state index in [1.807, 2.05) is 24.3 Å². The van der Waals surface area contributed by atoms with Crippen LogP contribution in [0.25, 0.3) is 0 Å². The number of ether oxygens (including phenoxy) is 2. The maximum absolute atomic E-state index is 8.87. The number of rotatable bonds is 9. The van der Waals surface area contributed by atoms with E-state index in [0.29, 0.717) is 37.8 Å². The van der Waals surface area contributed by atoms with Crippen LogP contribution in [0.2, 0.25) is 0 Å². The molecule has 2 rings (SSSR count). The second-order valence-corrected chi connectivity index (χ2v) is 6.39. The lowest BCUT2D eigenvalue weighted by molar-refractivity contribution is 0.171. The minimum Gasteiger partial charge on any atom is -0.493 e. The molecule has 0 aliphatic carbocycles. The van der Waals surface area contributed by atoms with Gasteiger partial charge in [0.25, 0.3) is 0 Å². The summed E-state index contributed by atoms with van der Waals surface area (Å²) >= 11 is 0. The summed E-state index contributed by atoms with van der Waals surface area (Å²) in [5, 5.41) is 15.5. The van der Waals surface area contributed by atoms with Crippen molar-refractivity contribution in [2.45, 2.75) is 26.4 Å². The summed E-state index contributed by atoms with van der Waals surface area (Å²) in [6, 6.07) is 15.8. The van der Waals surface area contributed by atoms with Crippen molar-refractivity contribution in [1.29, 1.82) is 5.26 Å². The van der Waals surface area contributed by atoms with E-state index in [1.165, 1.54) is 0 Å². The summed E-state index contributed by atoms with van der Waals surface area (Å²) in [7, 11) is 3.43. The lowest BCUT2D eigenvalue weighted by Gasteiger charge is -2.15. The van der Waals surface area contributed by atoms with Crippen LogP contribution in [-0.4, -0.2) is 33.3 Å². The molecule has 2 aromatic carbocycles. The van der Waals surface area contributed by atoms with Crippen molar-refractivity contribution < 1.29 is 9.47 Å². The van der Waals surface area contributed by atoms with Crippen molar-refractivity contribution in [3.05, 3.63) is 64.7 Å². The Morgan fingerprint density at radius 2 is 1.79 bits per heavy atom.